The standard InChI is InChI=1S/C13H24N4O2/c1-6-9(7-2)17-11(14)10(13(18)19-5)12(15-17)16(4)8-3/h9H,6-8,14H2,1-5H3. The molecule has 0 amide bonds. The minimum absolute atomic E-state index is 0.197. The summed E-state index contributed by atoms with van der Waals surface area (Å²) in [4.78, 5) is 13.8. The maximum Gasteiger partial charge on any atom is 0.345 e. The van der Waals surface area contributed by atoms with Crippen LogP contribution in [0.5, 0.6) is 0 Å². The number of nitrogens with zero attached hydrogens (tertiary/aromatic N) is 3. The van der Waals surface area contributed by atoms with Crippen LogP contribution in [0.2, 0.25) is 0 Å². The van der Waals surface area contributed by atoms with Crippen molar-refractivity contribution in [3.8, 4) is 0 Å². The van der Waals surface area contributed by atoms with E-state index in [9.17, 15) is 4.79 Å². The summed E-state index contributed by atoms with van der Waals surface area (Å²) < 4.78 is 6.56. The van der Waals surface area contributed by atoms with E-state index >= 15 is 0 Å². The lowest BCUT2D eigenvalue weighted by atomic mass is 10.2. The summed E-state index contributed by atoms with van der Waals surface area (Å²) in [6.45, 7) is 6.89. The lowest BCUT2D eigenvalue weighted by molar-refractivity contribution is 0.0602. The largest absolute Gasteiger partial charge is 0.465 e. The van der Waals surface area contributed by atoms with Gasteiger partial charge in [-0.05, 0) is 19.8 Å². The number of carbonyl (C=O) groups is 1. The Morgan fingerprint density at radius 1 is 1.42 bits per heavy atom. The van der Waals surface area contributed by atoms with Gasteiger partial charge in [-0.25, -0.2) is 9.48 Å². The van der Waals surface area contributed by atoms with E-state index in [0.717, 1.165) is 19.4 Å². The molecule has 19 heavy (non-hydrogen) atoms. The molecule has 0 aliphatic heterocycles. The van der Waals surface area contributed by atoms with Crippen LogP contribution in [0, 0.1) is 0 Å². The SMILES string of the molecule is CCC(CC)n1nc(N(C)CC)c(C(=O)OC)c1N. The molecule has 0 unspecified atom stereocenters. The average molecular weight is 268 g/mol. The van der Waals surface area contributed by atoms with Crippen molar-refractivity contribution < 1.29 is 9.53 Å². The fourth-order valence-corrected chi connectivity index (χ4v) is 2.06. The van der Waals surface area contributed by atoms with Gasteiger partial charge in [0.1, 0.15) is 11.4 Å². The van der Waals surface area contributed by atoms with Crippen molar-refractivity contribution in [2.24, 2.45) is 0 Å². The molecule has 0 fully saturated rings. The van der Waals surface area contributed by atoms with Crippen LogP contribution < -0.4 is 10.6 Å². The van der Waals surface area contributed by atoms with E-state index in [1.54, 1.807) is 4.68 Å². The van der Waals surface area contributed by atoms with E-state index in [2.05, 4.69) is 18.9 Å². The third kappa shape index (κ3) is 2.83. The maximum atomic E-state index is 11.9. The van der Waals surface area contributed by atoms with Gasteiger partial charge in [0.05, 0.1) is 13.2 Å². The fraction of sp³-hybridized carbons (Fsp3) is 0.692. The number of carbonyl (C=O) groups excluding carboxylic acids is 1. The molecular formula is C13H24N4O2. The zero-order valence-electron chi connectivity index (χ0n) is 12.4. The topological polar surface area (TPSA) is 73.4 Å². The fourth-order valence-electron chi connectivity index (χ4n) is 2.06. The smallest absolute Gasteiger partial charge is 0.345 e. The number of anilines is 2. The number of aromatic nitrogens is 2. The first-order valence-electron chi connectivity index (χ1n) is 6.69. The van der Waals surface area contributed by atoms with Crippen LogP contribution >= 0.6 is 0 Å². The van der Waals surface area contributed by atoms with Crippen molar-refractivity contribution in [2.45, 2.75) is 39.7 Å². The van der Waals surface area contributed by atoms with Crippen LogP contribution in [-0.2, 0) is 4.74 Å². The van der Waals surface area contributed by atoms with Crippen molar-refractivity contribution in [3.63, 3.8) is 0 Å². The van der Waals surface area contributed by atoms with Crippen LogP contribution in [0.1, 0.15) is 50.0 Å². The zero-order valence-corrected chi connectivity index (χ0v) is 12.4. The summed E-state index contributed by atoms with van der Waals surface area (Å²) in [7, 11) is 3.23. The first kappa shape index (κ1) is 15.3. The molecule has 0 radical (unpaired) electrons. The Labute approximate surface area is 114 Å². The van der Waals surface area contributed by atoms with Gasteiger partial charge in [0.25, 0.3) is 0 Å². The highest BCUT2D eigenvalue weighted by Gasteiger charge is 2.26. The second-order valence-electron chi connectivity index (χ2n) is 4.50. The lowest BCUT2D eigenvalue weighted by Crippen LogP contribution is -2.19. The number of rotatable bonds is 6. The number of ether oxygens (including phenoxy) is 1. The molecule has 0 aliphatic carbocycles. The molecule has 108 valence electrons. The highest BCUT2D eigenvalue weighted by Crippen LogP contribution is 2.29. The maximum absolute atomic E-state index is 11.9. The van der Waals surface area contributed by atoms with E-state index in [1.165, 1.54) is 7.11 Å². The van der Waals surface area contributed by atoms with E-state index in [-0.39, 0.29) is 6.04 Å². The first-order valence-corrected chi connectivity index (χ1v) is 6.69. The van der Waals surface area contributed by atoms with E-state index in [1.807, 2.05) is 18.9 Å². The summed E-state index contributed by atoms with van der Waals surface area (Å²) in [5.74, 6) is 0.527. The molecule has 6 nitrogen and oxygen atoms in total. The van der Waals surface area contributed by atoms with Gasteiger partial charge in [0.15, 0.2) is 5.82 Å². The van der Waals surface area contributed by atoms with Crippen molar-refractivity contribution in [1.82, 2.24) is 9.78 Å². The third-order valence-corrected chi connectivity index (χ3v) is 3.44. The minimum Gasteiger partial charge on any atom is -0.465 e. The predicted octanol–water partition coefficient (Wildman–Crippen LogP) is 2.07. The molecule has 0 saturated carbocycles. The normalized spacial score (nSPS) is 10.8. The number of hydrogen-bond donors (Lipinski definition) is 1. The molecule has 0 bridgehead atoms. The molecule has 0 aromatic carbocycles. The Morgan fingerprint density at radius 3 is 2.42 bits per heavy atom. The first-order chi connectivity index (χ1) is 9.01. The van der Waals surface area contributed by atoms with E-state index in [4.69, 9.17) is 10.5 Å². The molecule has 0 saturated heterocycles. The summed E-state index contributed by atoms with van der Waals surface area (Å²) in [5, 5.41) is 4.51. The molecule has 2 N–H and O–H groups in total. The Hall–Kier alpha value is -1.72. The van der Waals surface area contributed by atoms with E-state index < -0.39 is 5.97 Å². The molecule has 6 heteroatoms. The second-order valence-corrected chi connectivity index (χ2v) is 4.50. The van der Waals surface area contributed by atoms with Crippen LogP contribution in [0.4, 0.5) is 11.6 Å². The summed E-state index contributed by atoms with van der Waals surface area (Å²) in [6, 6.07) is 0.197. The number of hydrogen-bond acceptors (Lipinski definition) is 5. The lowest BCUT2D eigenvalue weighted by Gasteiger charge is -2.15. The van der Waals surface area contributed by atoms with E-state index in [0.29, 0.717) is 17.2 Å². The molecule has 0 aliphatic rings. The van der Waals surface area contributed by atoms with Crippen LogP contribution in [0.3, 0.4) is 0 Å². The van der Waals surface area contributed by atoms with Crippen LogP contribution in [0.25, 0.3) is 0 Å². The zero-order chi connectivity index (χ0) is 14.6. The molecule has 1 heterocycles. The average Bonchev–Trinajstić information content (AvgIpc) is 2.76. The minimum atomic E-state index is -0.440. The number of esters is 1. The van der Waals surface area contributed by atoms with Gasteiger partial charge in [-0.3, -0.25) is 0 Å². The van der Waals surface area contributed by atoms with Gasteiger partial charge in [-0.2, -0.15) is 5.10 Å². The quantitative estimate of drug-likeness (QED) is 0.799. The molecule has 1 aromatic heterocycles. The molecular weight excluding hydrogens is 244 g/mol. The van der Waals surface area contributed by atoms with Gasteiger partial charge in [-0.15, -0.1) is 0 Å². The van der Waals surface area contributed by atoms with Crippen molar-refractivity contribution in [1.29, 1.82) is 0 Å². The van der Waals surface area contributed by atoms with Gasteiger partial charge in [0.2, 0.25) is 0 Å². The number of nitrogen functional groups attached to an aromatic ring is 1. The molecule has 0 atom stereocenters. The van der Waals surface area contributed by atoms with Gasteiger partial charge < -0.3 is 15.4 Å². The van der Waals surface area contributed by atoms with Crippen molar-refractivity contribution in [2.75, 3.05) is 31.3 Å². The second kappa shape index (κ2) is 6.45. The van der Waals surface area contributed by atoms with Crippen molar-refractivity contribution in [3.05, 3.63) is 5.56 Å². The van der Waals surface area contributed by atoms with Crippen molar-refractivity contribution >= 4 is 17.6 Å². The summed E-state index contributed by atoms with van der Waals surface area (Å²) in [5.41, 5.74) is 6.46. The highest BCUT2D eigenvalue weighted by atomic mass is 16.5. The van der Waals surface area contributed by atoms with Gasteiger partial charge in [0, 0.05) is 13.6 Å². The van der Waals surface area contributed by atoms with Crippen LogP contribution in [-0.4, -0.2) is 36.5 Å². The molecule has 0 spiro atoms. The van der Waals surface area contributed by atoms with Crippen LogP contribution in [0.15, 0.2) is 0 Å². The third-order valence-electron chi connectivity index (χ3n) is 3.44. The summed E-state index contributed by atoms with van der Waals surface area (Å²) >= 11 is 0. The predicted molar refractivity (Wildman–Crippen MR) is 76.5 cm³/mol. The highest BCUT2D eigenvalue weighted by molar-refractivity contribution is 5.99. The Morgan fingerprint density at radius 2 is 2.00 bits per heavy atom. The Kier molecular flexibility index (Phi) is 5.20. The number of nitrogens with two attached hydrogens (primary N) is 1. The Balaban J connectivity index is 3.37. The Bertz CT molecular complexity index is 438. The number of methoxy groups -OCH3 is 1. The van der Waals surface area contributed by atoms with Gasteiger partial charge in [-0.1, -0.05) is 13.8 Å². The molecule has 1 rings (SSSR count). The monoisotopic (exact) mass is 268 g/mol. The van der Waals surface area contributed by atoms with Gasteiger partial charge >= 0.3 is 5.97 Å². The molecule has 1 aromatic rings. The summed E-state index contributed by atoms with van der Waals surface area (Å²) in [6.07, 6.45) is 1.83.